The molecule has 3 aromatic rings. The van der Waals surface area contributed by atoms with Crippen LogP contribution in [0.15, 0.2) is 16.0 Å². The second-order valence-corrected chi connectivity index (χ2v) is 5.56. The quantitative estimate of drug-likeness (QED) is 0.479. The molecule has 0 radical (unpaired) electrons. The maximum Gasteiger partial charge on any atom is 0.326 e. The Morgan fingerprint density at radius 1 is 1.46 bits per heavy atom. The van der Waals surface area contributed by atoms with Crippen molar-refractivity contribution in [1.82, 2.24) is 29.5 Å². The molecule has 10 heteroatoms. The maximum absolute atomic E-state index is 11.3. The van der Waals surface area contributed by atoms with E-state index in [1.807, 2.05) is 6.92 Å². The number of nitrogens with one attached hydrogen (secondary N) is 3. The molecule has 1 aliphatic rings. The first-order valence-corrected chi connectivity index (χ1v) is 7.70. The largest absolute Gasteiger partial charge is 0.493 e. The summed E-state index contributed by atoms with van der Waals surface area (Å²) in [5, 5.41) is 17.7. The summed E-state index contributed by atoms with van der Waals surface area (Å²) in [5.41, 5.74) is 0.813. The molecule has 0 aliphatic heterocycles. The zero-order chi connectivity index (χ0) is 16.7. The number of aromatic amines is 2. The third-order valence-corrected chi connectivity index (χ3v) is 3.59. The molecule has 4 N–H and O–H groups in total. The Balaban J connectivity index is 1.96. The van der Waals surface area contributed by atoms with Gasteiger partial charge in [-0.1, -0.05) is 0 Å². The summed E-state index contributed by atoms with van der Waals surface area (Å²) in [6.07, 6.45) is 5.30. The minimum absolute atomic E-state index is 0.233. The van der Waals surface area contributed by atoms with E-state index < -0.39 is 5.69 Å². The highest BCUT2D eigenvalue weighted by atomic mass is 16.3. The van der Waals surface area contributed by atoms with Gasteiger partial charge in [0.1, 0.15) is 5.69 Å². The summed E-state index contributed by atoms with van der Waals surface area (Å²) in [6, 6.07) is 0.291. The molecule has 4 rings (SSSR count). The zero-order valence-corrected chi connectivity index (χ0v) is 12.9. The zero-order valence-electron chi connectivity index (χ0n) is 12.9. The molecule has 124 valence electrons. The van der Waals surface area contributed by atoms with Crippen molar-refractivity contribution >= 4 is 17.7 Å². The highest BCUT2D eigenvalue weighted by molar-refractivity contribution is 5.57. The number of hydrogen-bond acceptors (Lipinski definition) is 7. The van der Waals surface area contributed by atoms with Gasteiger partial charge in [0.05, 0.1) is 12.2 Å². The van der Waals surface area contributed by atoms with Gasteiger partial charge in [0, 0.05) is 11.8 Å². The molecule has 0 atom stereocenters. The smallest absolute Gasteiger partial charge is 0.326 e. The number of anilines is 1. The Kier molecular flexibility index (Phi) is 3.29. The number of hydrogen-bond donors (Lipinski definition) is 4. The van der Waals surface area contributed by atoms with Gasteiger partial charge in [-0.25, -0.2) is 9.79 Å². The Bertz CT molecular complexity index is 1070. The van der Waals surface area contributed by atoms with E-state index in [0.717, 1.165) is 12.8 Å². The number of rotatable bonds is 4. The number of fused-ring (bicyclic) bond motifs is 1. The lowest BCUT2D eigenvalue weighted by Crippen LogP contribution is -2.24. The molecule has 3 heterocycles. The van der Waals surface area contributed by atoms with Gasteiger partial charge in [-0.2, -0.15) is 19.6 Å². The van der Waals surface area contributed by atoms with Gasteiger partial charge >= 0.3 is 5.69 Å². The molecule has 24 heavy (non-hydrogen) atoms. The van der Waals surface area contributed by atoms with Crippen LogP contribution in [0.5, 0.6) is 5.88 Å². The standard InChI is InChI=1S/C14H16N8O2/c1-2-15-12-19-10-7(5-9-11(23)20-14(24)18-9)6-16-22(10)13(21-12)17-8-3-4-8/h5-6,8,23H,2-4H2,1H3,(H,15,17,21)(H2,18,20,24)/b7-5-. The predicted octanol–water partition coefficient (Wildman–Crippen LogP) is -1.11. The summed E-state index contributed by atoms with van der Waals surface area (Å²) in [4.78, 5) is 29.4. The van der Waals surface area contributed by atoms with Gasteiger partial charge in [0.25, 0.3) is 5.62 Å². The SMILES string of the molecule is CCNc1nc(=NC2CC2)n2nc/c(=C/c3[nH]c(=O)[nH]c3O)c2n1. The number of imidazole rings is 1. The first kappa shape index (κ1) is 14.4. The van der Waals surface area contributed by atoms with E-state index >= 15 is 0 Å². The van der Waals surface area contributed by atoms with Crippen LogP contribution < -0.4 is 21.8 Å². The Morgan fingerprint density at radius 2 is 2.29 bits per heavy atom. The third kappa shape index (κ3) is 2.62. The molecular weight excluding hydrogens is 312 g/mol. The lowest BCUT2D eigenvalue weighted by Gasteiger charge is -2.01. The second-order valence-electron chi connectivity index (χ2n) is 5.56. The van der Waals surface area contributed by atoms with Crippen LogP contribution >= 0.6 is 0 Å². The summed E-state index contributed by atoms with van der Waals surface area (Å²) in [7, 11) is 0. The second kappa shape index (κ2) is 5.48. The third-order valence-electron chi connectivity index (χ3n) is 3.59. The minimum Gasteiger partial charge on any atom is -0.493 e. The van der Waals surface area contributed by atoms with Crippen molar-refractivity contribution in [2.24, 2.45) is 4.99 Å². The Morgan fingerprint density at radius 3 is 2.96 bits per heavy atom. The number of nitrogens with zero attached hydrogens (tertiary/aromatic N) is 5. The molecule has 3 aromatic heterocycles. The molecule has 1 aliphatic carbocycles. The van der Waals surface area contributed by atoms with Gasteiger partial charge in [0.2, 0.25) is 11.8 Å². The van der Waals surface area contributed by atoms with Crippen molar-refractivity contribution in [2.45, 2.75) is 25.8 Å². The van der Waals surface area contributed by atoms with Crippen molar-refractivity contribution in [3.8, 4) is 5.88 Å². The number of H-pyrrole nitrogens is 2. The van der Waals surface area contributed by atoms with Crippen LogP contribution in [-0.2, 0) is 0 Å². The topological polar surface area (TPSA) is 136 Å². The molecule has 0 aromatic carbocycles. The van der Waals surface area contributed by atoms with Crippen LogP contribution in [0, 0.1) is 0 Å². The van der Waals surface area contributed by atoms with Crippen molar-refractivity contribution in [3.63, 3.8) is 0 Å². The molecule has 10 nitrogen and oxygen atoms in total. The average Bonchev–Trinajstić information content (AvgIpc) is 3.17. The fourth-order valence-corrected chi connectivity index (χ4v) is 2.32. The monoisotopic (exact) mass is 328 g/mol. The van der Waals surface area contributed by atoms with Gasteiger partial charge in [-0.15, -0.1) is 0 Å². The first-order chi connectivity index (χ1) is 11.6. The number of aromatic hydroxyl groups is 1. The van der Waals surface area contributed by atoms with Crippen LogP contribution in [-0.4, -0.2) is 47.2 Å². The van der Waals surface area contributed by atoms with Crippen LogP contribution in [0.2, 0.25) is 0 Å². The molecule has 1 saturated carbocycles. The highest BCUT2D eigenvalue weighted by Gasteiger charge is 2.20. The minimum atomic E-state index is -0.484. The summed E-state index contributed by atoms with van der Waals surface area (Å²) in [6.45, 7) is 2.63. The summed E-state index contributed by atoms with van der Waals surface area (Å²) in [5.74, 6) is 0.231. The van der Waals surface area contributed by atoms with Crippen molar-refractivity contribution < 1.29 is 5.11 Å². The molecule has 0 amide bonds. The first-order valence-electron chi connectivity index (χ1n) is 7.70. The summed E-state index contributed by atoms with van der Waals surface area (Å²) >= 11 is 0. The molecule has 0 unspecified atom stereocenters. The molecule has 0 saturated heterocycles. The fraction of sp³-hybridized carbons (Fsp3) is 0.357. The van der Waals surface area contributed by atoms with E-state index in [9.17, 15) is 9.90 Å². The van der Waals surface area contributed by atoms with Crippen molar-refractivity contribution in [1.29, 1.82) is 0 Å². The van der Waals surface area contributed by atoms with Crippen LogP contribution in [0.4, 0.5) is 5.95 Å². The van der Waals surface area contributed by atoms with E-state index in [1.54, 1.807) is 16.8 Å². The molecule has 1 fully saturated rings. The lowest BCUT2D eigenvalue weighted by molar-refractivity contribution is 0.454. The van der Waals surface area contributed by atoms with E-state index in [2.05, 4.69) is 35.3 Å². The maximum atomic E-state index is 11.3. The highest BCUT2D eigenvalue weighted by Crippen LogP contribution is 2.22. The lowest BCUT2D eigenvalue weighted by atomic mass is 10.3. The fourth-order valence-electron chi connectivity index (χ4n) is 2.32. The molecule has 0 spiro atoms. The Labute approximate surface area is 135 Å². The van der Waals surface area contributed by atoms with Gasteiger partial charge in [-0.05, 0) is 25.8 Å². The van der Waals surface area contributed by atoms with Crippen LogP contribution in [0.1, 0.15) is 25.5 Å². The number of aromatic nitrogens is 6. The molecular formula is C14H16N8O2. The van der Waals surface area contributed by atoms with Crippen molar-refractivity contribution in [3.05, 3.63) is 33.2 Å². The Hall–Kier alpha value is -3.17. The van der Waals surface area contributed by atoms with E-state index in [0.29, 0.717) is 35.0 Å². The van der Waals surface area contributed by atoms with Crippen LogP contribution in [0.3, 0.4) is 0 Å². The van der Waals surface area contributed by atoms with E-state index in [-0.39, 0.29) is 11.6 Å². The van der Waals surface area contributed by atoms with Crippen LogP contribution in [0.25, 0.3) is 11.7 Å². The normalized spacial score (nSPS) is 16.2. The van der Waals surface area contributed by atoms with E-state index in [4.69, 9.17) is 0 Å². The molecule has 0 bridgehead atoms. The van der Waals surface area contributed by atoms with Gasteiger partial charge in [0.15, 0.2) is 5.65 Å². The van der Waals surface area contributed by atoms with Gasteiger partial charge in [-0.3, -0.25) is 4.98 Å². The van der Waals surface area contributed by atoms with E-state index in [1.165, 1.54) is 0 Å². The predicted molar refractivity (Wildman–Crippen MR) is 85.4 cm³/mol. The van der Waals surface area contributed by atoms with Gasteiger partial charge < -0.3 is 15.4 Å². The van der Waals surface area contributed by atoms with Crippen molar-refractivity contribution in [2.75, 3.05) is 11.9 Å². The summed E-state index contributed by atoms with van der Waals surface area (Å²) < 4.78 is 1.56. The average molecular weight is 328 g/mol.